The summed E-state index contributed by atoms with van der Waals surface area (Å²) in [5.41, 5.74) is 4.00. The zero-order valence-electron chi connectivity index (χ0n) is 14.0. The van der Waals surface area contributed by atoms with Crippen LogP contribution in [0.15, 0.2) is 42.5 Å². The molecule has 1 N–H and O–H groups in total. The van der Waals surface area contributed by atoms with Crippen molar-refractivity contribution in [3.05, 3.63) is 59.2 Å². The first-order valence-electron chi connectivity index (χ1n) is 7.70. The molecule has 0 saturated carbocycles. The summed E-state index contributed by atoms with van der Waals surface area (Å²) in [6, 6.07) is 14.9. The van der Waals surface area contributed by atoms with E-state index in [9.17, 15) is 0 Å². The fraction of sp³-hybridized carbons (Fsp3) is 0.368. The molecule has 2 rings (SSSR count). The van der Waals surface area contributed by atoms with Gasteiger partial charge in [0.05, 0.1) is 27.8 Å². The normalized spacial score (nSPS) is 12.0. The van der Waals surface area contributed by atoms with Crippen molar-refractivity contribution in [1.82, 2.24) is 0 Å². The third kappa shape index (κ3) is 4.50. The second-order valence-corrected chi connectivity index (χ2v) is 5.81. The molecule has 0 spiro atoms. The molecule has 0 heterocycles. The van der Waals surface area contributed by atoms with Crippen LogP contribution in [-0.2, 0) is 13.0 Å². The second kappa shape index (κ2) is 7.85. The molecular formula is C19H26NO2+. The highest BCUT2D eigenvalue weighted by atomic mass is 16.5. The topological polar surface area (TPSA) is 22.9 Å². The predicted octanol–water partition coefficient (Wildman–Crippen LogP) is 2.27. The number of aryl methyl sites for hydroxylation is 1. The molecule has 0 aliphatic heterocycles. The van der Waals surface area contributed by atoms with Gasteiger partial charge in [-0.25, -0.2) is 0 Å². The molecule has 3 nitrogen and oxygen atoms in total. The number of likely N-dealkylation sites (N-methyl/N-ethyl adjacent to an activating group) is 1. The van der Waals surface area contributed by atoms with Gasteiger partial charge in [0.15, 0.2) is 11.5 Å². The number of quaternary nitrogens is 1. The van der Waals surface area contributed by atoms with Crippen molar-refractivity contribution in [2.75, 3.05) is 27.8 Å². The maximum Gasteiger partial charge on any atom is 0.160 e. The highest BCUT2D eigenvalue weighted by Crippen LogP contribution is 2.27. The van der Waals surface area contributed by atoms with Crippen LogP contribution in [0.4, 0.5) is 0 Å². The van der Waals surface area contributed by atoms with E-state index in [1.807, 2.05) is 6.07 Å². The zero-order valence-corrected chi connectivity index (χ0v) is 14.0. The maximum absolute atomic E-state index is 5.36. The first-order chi connectivity index (χ1) is 10.6. The molecule has 2 aromatic carbocycles. The Kier molecular flexibility index (Phi) is 5.84. The number of benzene rings is 2. The number of hydrogen-bond acceptors (Lipinski definition) is 2. The van der Waals surface area contributed by atoms with Crippen molar-refractivity contribution in [1.29, 1.82) is 0 Å². The van der Waals surface area contributed by atoms with Gasteiger partial charge in [-0.1, -0.05) is 35.9 Å². The van der Waals surface area contributed by atoms with E-state index in [0.29, 0.717) is 0 Å². The summed E-state index contributed by atoms with van der Waals surface area (Å²) >= 11 is 0. The monoisotopic (exact) mass is 300 g/mol. The van der Waals surface area contributed by atoms with Crippen molar-refractivity contribution in [2.24, 2.45) is 0 Å². The van der Waals surface area contributed by atoms with Gasteiger partial charge >= 0.3 is 0 Å². The number of ether oxygens (including phenoxy) is 2. The van der Waals surface area contributed by atoms with Gasteiger partial charge in [-0.05, 0) is 24.6 Å². The Bertz CT molecular complexity index is 610. The van der Waals surface area contributed by atoms with Gasteiger partial charge in [0, 0.05) is 12.0 Å². The van der Waals surface area contributed by atoms with Crippen LogP contribution < -0.4 is 14.4 Å². The van der Waals surface area contributed by atoms with E-state index in [1.165, 1.54) is 21.6 Å². The minimum Gasteiger partial charge on any atom is -0.493 e. The van der Waals surface area contributed by atoms with Crippen LogP contribution in [0.25, 0.3) is 0 Å². The Morgan fingerprint density at radius 2 is 1.68 bits per heavy atom. The molecule has 0 bridgehead atoms. The fourth-order valence-electron chi connectivity index (χ4n) is 2.65. The van der Waals surface area contributed by atoms with Crippen LogP contribution in [0, 0.1) is 6.92 Å². The van der Waals surface area contributed by atoms with Gasteiger partial charge in [-0.3, -0.25) is 0 Å². The van der Waals surface area contributed by atoms with Gasteiger partial charge in [-0.2, -0.15) is 0 Å². The van der Waals surface area contributed by atoms with Gasteiger partial charge in [0.2, 0.25) is 0 Å². The molecule has 3 heteroatoms. The molecule has 118 valence electrons. The van der Waals surface area contributed by atoms with Crippen molar-refractivity contribution in [3.8, 4) is 11.5 Å². The van der Waals surface area contributed by atoms with Gasteiger partial charge in [-0.15, -0.1) is 0 Å². The molecular weight excluding hydrogens is 274 g/mol. The second-order valence-electron chi connectivity index (χ2n) is 5.81. The van der Waals surface area contributed by atoms with E-state index in [4.69, 9.17) is 9.47 Å². The Labute approximate surface area is 133 Å². The molecule has 0 saturated heterocycles. The Morgan fingerprint density at radius 1 is 0.909 bits per heavy atom. The third-order valence-corrected chi connectivity index (χ3v) is 3.88. The Hall–Kier alpha value is -2.00. The number of methoxy groups -OCH3 is 2. The average Bonchev–Trinajstić information content (AvgIpc) is 2.52. The van der Waals surface area contributed by atoms with E-state index >= 15 is 0 Å². The highest BCUT2D eigenvalue weighted by molar-refractivity contribution is 5.42. The lowest BCUT2D eigenvalue weighted by atomic mass is 10.1. The largest absolute Gasteiger partial charge is 0.493 e. The summed E-state index contributed by atoms with van der Waals surface area (Å²) in [5.74, 6) is 1.59. The lowest BCUT2D eigenvalue weighted by Crippen LogP contribution is -3.07. The smallest absolute Gasteiger partial charge is 0.160 e. The van der Waals surface area contributed by atoms with Crippen molar-refractivity contribution >= 4 is 0 Å². The first kappa shape index (κ1) is 16.4. The predicted molar refractivity (Wildman–Crippen MR) is 89.9 cm³/mol. The van der Waals surface area contributed by atoms with Crippen molar-refractivity contribution in [3.63, 3.8) is 0 Å². The van der Waals surface area contributed by atoms with Crippen molar-refractivity contribution < 1.29 is 14.4 Å². The number of hydrogen-bond donors (Lipinski definition) is 1. The van der Waals surface area contributed by atoms with Gasteiger partial charge < -0.3 is 14.4 Å². The molecule has 1 atom stereocenters. The van der Waals surface area contributed by atoms with Crippen molar-refractivity contribution in [2.45, 2.75) is 19.9 Å². The number of nitrogens with one attached hydrogen (secondary N) is 1. The summed E-state index contributed by atoms with van der Waals surface area (Å²) in [6.45, 7) is 4.28. The zero-order chi connectivity index (χ0) is 15.9. The van der Waals surface area contributed by atoms with E-state index in [0.717, 1.165) is 31.0 Å². The molecule has 0 aliphatic carbocycles. The lowest BCUT2D eigenvalue weighted by molar-refractivity contribution is -0.893. The van der Waals surface area contributed by atoms with Crippen LogP contribution in [0.1, 0.15) is 16.7 Å². The quantitative estimate of drug-likeness (QED) is 0.848. The van der Waals surface area contributed by atoms with Gasteiger partial charge in [0.1, 0.15) is 6.54 Å². The molecule has 0 fully saturated rings. The Morgan fingerprint density at radius 3 is 2.36 bits per heavy atom. The molecule has 2 aromatic rings. The van der Waals surface area contributed by atoms with Crippen LogP contribution >= 0.6 is 0 Å². The summed E-state index contributed by atoms with van der Waals surface area (Å²) in [4.78, 5) is 1.50. The third-order valence-electron chi connectivity index (χ3n) is 3.88. The molecule has 0 aliphatic rings. The summed E-state index contributed by atoms with van der Waals surface area (Å²) in [5, 5.41) is 0. The molecule has 0 radical (unpaired) electrons. The van der Waals surface area contributed by atoms with Crippen LogP contribution in [-0.4, -0.2) is 27.8 Å². The van der Waals surface area contributed by atoms with E-state index in [2.05, 4.69) is 50.4 Å². The molecule has 1 unspecified atom stereocenters. The minimum atomic E-state index is 0.784. The maximum atomic E-state index is 5.36. The molecule has 0 aromatic heterocycles. The van der Waals surface area contributed by atoms with Crippen LogP contribution in [0.5, 0.6) is 11.5 Å². The molecule has 22 heavy (non-hydrogen) atoms. The van der Waals surface area contributed by atoms with E-state index < -0.39 is 0 Å². The summed E-state index contributed by atoms with van der Waals surface area (Å²) in [7, 11) is 5.58. The van der Waals surface area contributed by atoms with Crippen LogP contribution in [0.3, 0.4) is 0 Å². The Balaban J connectivity index is 1.92. The highest BCUT2D eigenvalue weighted by Gasteiger charge is 2.08. The lowest BCUT2D eigenvalue weighted by Gasteiger charge is -2.15. The SMILES string of the molecule is COc1ccc(CC[NH+](C)Cc2cccc(C)c2)cc1OC. The summed E-state index contributed by atoms with van der Waals surface area (Å²) < 4.78 is 10.6. The van der Waals surface area contributed by atoms with E-state index in [1.54, 1.807) is 14.2 Å². The molecule has 0 amide bonds. The van der Waals surface area contributed by atoms with Gasteiger partial charge in [0.25, 0.3) is 0 Å². The van der Waals surface area contributed by atoms with Crippen LogP contribution in [0.2, 0.25) is 0 Å². The first-order valence-corrected chi connectivity index (χ1v) is 7.70. The fourth-order valence-corrected chi connectivity index (χ4v) is 2.65. The average molecular weight is 300 g/mol. The standard InChI is InChI=1S/C19H25NO2/c1-15-6-5-7-17(12-15)14-20(2)11-10-16-8-9-18(21-3)19(13-16)22-4/h5-9,12-13H,10-11,14H2,1-4H3/p+1. The number of rotatable bonds is 7. The van der Waals surface area contributed by atoms with E-state index in [-0.39, 0.29) is 0 Å². The minimum absolute atomic E-state index is 0.784. The summed E-state index contributed by atoms with van der Waals surface area (Å²) in [6.07, 6.45) is 1.03.